The highest BCUT2D eigenvalue weighted by Gasteiger charge is 2.36. The highest BCUT2D eigenvalue weighted by atomic mass is 32.1. The lowest BCUT2D eigenvalue weighted by atomic mass is 10.1. The molecule has 3 aromatic heterocycles. The number of carbonyl (C=O) groups excluding carboxylic acids is 1. The minimum Gasteiger partial charge on any atom is -0.452 e. The second-order valence-electron chi connectivity index (χ2n) is 4.75. The zero-order chi connectivity index (χ0) is 17.5. The number of hydrogen-bond donors (Lipinski definition) is 0. The Morgan fingerprint density at radius 2 is 2.17 bits per heavy atom. The van der Waals surface area contributed by atoms with Crippen LogP contribution in [0.1, 0.15) is 10.4 Å². The fraction of sp³-hybridized carbons (Fsp3) is 0.133. The van der Waals surface area contributed by atoms with Crippen molar-refractivity contribution >= 4 is 28.5 Å². The number of pyridine rings is 1. The topological polar surface area (TPSA) is 67.9 Å². The van der Waals surface area contributed by atoms with E-state index >= 15 is 0 Å². The maximum atomic E-state index is 13.2. The van der Waals surface area contributed by atoms with Gasteiger partial charge in [0.05, 0.1) is 12.7 Å². The number of thiophene rings is 1. The SMILES string of the molecule is COC(=O)n1cc(-c2ccsc2C(F)(F)F)c2cc(C#N)cnc21. The molecule has 0 aliphatic heterocycles. The van der Waals surface area contributed by atoms with E-state index < -0.39 is 17.1 Å². The maximum Gasteiger partial charge on any atom is 0.426 e. The third kappa shape index (κ3) is 2.51. The van der Waals surface area contributed by atoms with Crippen LogP contribution in [-0.4, -0.2) is 22.8 Å². The van der Waals surface area contributed by atoms with Gasteiger partial charge >= 0.3 is 12.3 Å². The molecular weight excluding hydrogens is 343 g/mol. The van der Waals surface area contributed by atoms with Gasteiger partial charge in [-0.2, -0.15) is 18.4 Å². The highest BCUT2D eigenvalue weighted by Crippen LogP contribution is 2.43. The van der Waals surface area contributed by atoms with Crippen molar-refractivity contribution in [2.45, 2.75) is 6.18 Å². The van der Waals surface area contributed by atoms with Gasteiger partial charge < -0.3 is 4.74 Å². The Kier molecular flexibility index (Phi) is 3.77. The molecule has 0 saturated carbocycles. The Morgan fingerprint density at radius 1 is 1.42 bits per heavy atom. The predicted molar refractivity (Wildman–Crippen MR) is 80.6 cm³/mol. The monoisotopic (exact) mass is 351 g/mol. The lowest BCUT2D eigenvalue weighted by Gasteiger charge is -2.06. The van der Waals surface area contributed by atoms with E-state index in [9.17, 15) is 18.0 Å². The van der Waals surface area contributed by atoms with Gasteiger partial charge in [-0.3, -0.25) is 0 Å². The molecule has 122 valence electrons. The van der Waals surface area contributed by atoms with Crippen molar-refractivity contribution in [1.82, 2.24) is 9.55 Å². The van der Waals surface area contributed by atoms with E-state index in [-0.39, 0.29) is 27.7 Å². The number of halogens is 3. The fourth-order valence-corrected chi connectivity index (χ4v) is 3.14. The zero-order valence-corrected chi connectivity index (χ0v) is 12.9. The van der Waals surface area contributed by atoms with E-state index in [1.165, 1.54) is 29.9 Å². The minimum absolute atomic E-state index is 0.0722. The van der Waals surface area contributed by atoms with Crippen molar-refractivity contribution < 1.29 is 22.7 Å². The number of methoxy groups -OCH3 is 1. The molecule has 0 aromatic carbocycles. The molecule has 3 aromatic rings. The summed E-state index contributed by atoms with van der Waals surface area (Å²) >= 11 is 0.557. The summed E-state index contributed by atoms with van der Waals surface area (Å²) in [5, 5.41) is 10.6. The number of nitriles is 1. The molecule has 0 fully saturated rings. The Morgan fingerprint density at radius 3 is 2.79 bits per heavy atom. The Balaban J connectivity index is 2.35. The molecule has 9 heteroatoms. The molecule has 0 amide bonds. The number of ether oxygens (including phenoxy) is 1. The smallest absolute Gasteiger partial charge is 0.426 e. The third-order valence-corrected chi connectivity index (χ3v) is 4.32. The molecular formula is C15H8F3N3O2S. The van der Waals surface area contributed by atoms with Gasteiger partial charge in [-0.1, -0.05) is 0 Å². The van der Waals surface area contributed by atoms with Crippen LogP contribution in [0.4, 0.5) is 18.0 Å². The van der Waals surface area contributed by atoms with Gasteiger partial charge in [-0.05, 0) is 17.5 Å². The van der Waals surface area contributed by atoms with Gasteiger partial charge in [-0.25, -0.2) is 14.3 Å². The van der Waals surface area contributed by atoms with E-state index in [2.05, 4.69) is 9.72 Å². The van der Waals surface area contributed by atoms with E-state index in [1.54, 1.807) is 0 Å². The molecule has 24 heavy (non-hydrogen) atoms. The molecule has 0 N–H and O–H groups in total. The Bertz CT molecular complexity index is 982. The highest BCUT2D eigenvalue weighted by molar-refractivity contribution is 7.10. The van der Waals surface area contributed by atoms with Crippen LogP contribution in [0.2, 0.25) is 0 Å². The Labute approximate surface area is 137 Å². The first kappa shape index (κ1) is 16.0. The minimum atomic E-state index is -4.52. The first-order valence-corrected chi connectivity index (χ1v) is 7.39. The molecule has 0 unspecified atom stereocenters. The van der Waals surface area contributed by atoms with E-state index in [1.807, 2.05) is 6.07 Å². The summed E-state index contributed by atoms with van der Waals surface area (Å²) in [6.07, 6.45) is -2.83. The van der Waals surface area contributed by atoms with Crippen molar-refractivity contribution in [2.75, 3.05) is 7.11 Å². The van der Waals surface area contributed by atoms with Crippen LogP contribution in [0.5, 0.6) is 0 Å². The van der Waals surface area contributed by atoms with Crippen LogP contribution >= 0.6 is 11.3 Å². The molecule has 5 nitrogen and oxygen atoms in total. The standard InChI is InChI=1S/C15H8F3N3O2S/c1-23-14(22)21-7-11(9-2-3-24-12(9)15(16,17)18)10-4-8(5-19)6-20-13(10)21/h2-4,6-7H,1H3. The number of rotatable bonds is 1. The molecule has 3 heterocycles. The van der Waals surface area contributed by atoms with Crippen molar-refractivity contribution in [1.29, 1.82) is 5.26 Å². The second kappa shape index (κ2) is 5.65. The van der Waals surface area contributed by atoms with Crippen molar-refractivity contribution in [3.05, 3.63) is 40.3 Å². The van der Waals surface area contributed by atoms with Crippen LogP contribution in [0.15, 0.2) is 29.9 Å². The van der Waals surface area contributed by atoms with Crippen LogP contribution in [-0.2, 0) is 10.9 Å². The summed E-state index contributed by atoms with van der Waals surface area (Å²) < 4.78 is 45.2. The lowest BCUT2D eigenvalue weighted by molar-refractivity contribution is -0.133. The molecule has 3 rings (SSSR count). The number of fused-ring (bicyclic) bond motifs is 1. The van der Waals surface area contributed by atoms with E-state index in [0.717, 1.165) is 11.7 Å². The average Bonchev–Trinajstić information content (AvgIpc) is 3.17. The fourth-order valence-electron chi connectivity index (χ4n) is 2.36. The van der Waals surface area contributed by atoms with Crippen LogP contribution < -0.4 is 0 Å². The first-order valence-electron chi connectivity index (χ1n) is 6.51. The van der Waals surface area contributed by atoms with Gasteiger partial charge in [0.2, 0.25) is 0 Å². The van der Waals surface area contributed by atoms with Crippen molar-refractivity contribution in [2.24, 2.45) is 0 Å². The number of aromatic nitrogens is 2. The summed E-state index contributed by atoms with van der Waals surface area (Å²) in [6.45, 7) is 0. The molecule has 0 radical (unpaired) electrons. The normalized spacial score (nSPS) is 11.5. The summed E-state index contributed by atoms with van der Waals surface area (Å²) in [7, 11) is 1.16. The van der Waals surface area contributed by atoms with E-state index in [4.69, 9.17) is 5.26 Å². The first-order chi connectivity index (χ1) is 11.4. The summed E-state index contributed by atoms with van der Waals surface area (Å²) in [5.74, 6) is 0. The molecule has 0 bridgehead atoms. The maximum absolute atomic E-state index is 13.2. The van der Waals surface area contributed by atoms with Crippen molar-refractivity contribution in [3.8, 4) is 17.2 Å². The zero-order valence-electron chi connectivity index (χ0n) is 12.1. The predicted octanol–water partition coefficient (Wildman–Crippen LogP) is 4.27. The summed E-state index contributed by atoms with van der Waals surface area (Å²) in [4.78, 5) is 15.1. The second-order valence-corrected chi connectivity index (χ2v) is 5.67. The molecule has 0 aliphatic carbocycles. The van der Waals surface area contributed by atoms with Crippen LogP contribution in [0, 0.1) is 11.3 Å². The molecule has 0 atom stereocenters. The van der Waals surface area contributed by atoms with Gasteiger partial charge in [0.15, 0.2) is 0 Å². The average molecular weight is 351 g/mol. The number of hydrogen-bond acceptors (Lipinski definition) is 5. The van der Waals surface area contributed by atoms with Gasteiger partial charge in [0.1, 0.15) is 16.6 Å². The van der Waals surface area contributed by atoms with Gasteiger partial charge in [0.25, 0.3) is 0 Å². The van der Waals surface area contributed by atoms with Gasteiger partial charge in [-0.15, -0.1) is 11.3 Å². The van der Waals surface area contributed by atoms with Gasteiger partial charge in [0, 0.05) is 28.9 Å². The lowest BCUT2D eigenvalue weighted by Crippen LogP contribution is -2.10. The third-order valence-electron chi connectivity index (χ3n) is 3.36. The largest absolute Gasteiger partial charge is 0.452 e. The molecule has 0 spiro atoms. The van der Waals surface area contributed by atoms with E-state index in [0.29, 0.717) is 11.3 Å². The van der Waals surface area contributed by atoms with Crippen LogP contribution in [0.3, 0.4) is 0 Å². The number of alkyl halides is 3. The van der Waals surface area contributed by atoms with Crippen molar-refractivity contribution in [3.63, 3.8) is 0 Å². The number of carbonyl (C=O) groups is 1. The molecule has 0 aliphatic rings. The molecule has 0 saturated heterocycles. The number of nitrogens with zero attached hydrogens (tertiary/aromatic N) is 3. The summed E-state index contributed by atoms with van der Waals surface area (Å²) in [6, 6.07) is 4.60. The van der Waals surface area contributed by atoms with Crippen LogP contribution in [0.25, 0.3) is 22.2 Å². The Hall–Kier alpha value is -2.86. The summed E-state index contributed by atoms with van der Waals surface area (Å²) in [5.41, 5.74) is 0.385. The quantitative estimate of drug-likeness (QED) is 0.657.